The van der Waals surface area contributed by atoms with Crippen LogP contribution in [0.15, 0.2) is 29.2 Å². The van der Waals surface area contributed by atoms with Crippen LogP contribution in [-0.2, 0) is 16.0 Å². The number of benzene rings is 2. The molecular weight excluding hydrogens is 526 g/mol. The van der Waals surface area contributed by atoms with Crippen LogP contribution in [0.25, 0.3) is 10.9 Å². The van der Waals surface area contributed by atoms with Crippen molar-refractivity contribution >= 4 is 40.1 Å². The van der Waals surface area contributed by atoms with Gasteiger partial charge in [-0.1, -0.05) is 11.6 Å². The number of amides is 1. The van der Waals surface area contributed by atoms with Gasteiger partial charge < -0.3 is 29.2 Å². The molecular formula is C26H25ClF2N2O7. The molecule has 2 N–H and O–H groups in total. The number of hydrogen-bond acceptors (Lipinski definition) is 6. The molecule has 2 aromatic carbocycles. The minimum Gasteiger partial charge on any atom is -0.496 e. The second-order valence-corrected chi connectivity index (χ2v) is 9.26. The average molecular weight is 551 g/mol. The van der Waals surface area contributed by atoms with E-state index in [-0.39, 0.29) is 59.8 Å². The largest absolute Gasteiger partial charge is 0.496 e. The Bertz CT molecular complexity index is 1490. The number of pyridine rings is 1. The highest BCUT2D eigenvalue weighted by Crippen LogP contribution is 2.36. The topological polar surface area (TPSA) is 118 Å². The van der Waals surface area contributed by atoms with Crippen LogP contribution in [0.3, 0.4) is 0 Å². The average Bonchev–Trinajstić information content (AvgIpc) is 3.33. The van der Waals surface area contributed by atoms with Crippen molar-refractivity contribution < 1.29 is 38.1 Å². The van der Waals surface area contributed by atoms with Gasteiger partial charge >= 0.3 is 5.97 Å². The van der Waals surface area contributed by atoms with Crippen LogP contribution in [-0.4, -0.2) is 60.6 Å². The van der Waals surface area contributed by atoms with Crippen molar-refractivity contribution in [3.8, 4) is 5.75 Å². The molecule has 38 heavy (non-hydrogen) atoms. The predicted molar refractivity (Wildman–Crippen MR) is 135 cm³/mol. The first-order valence-electron chi connectivity index (χ1n) is 11.7. The van der Waals surface area contributed by atoms with Crippen molar-refractivity contribution in [2.45, 2.75) is 25.3 Å². The molecule has 12 heteroatoms. The number of carboxylic acid groups (broad SMARTS) is 1. The highest BCUT2D eigenvalue weighted by molar-refractivity contribution is 6.31. The van der Waals surface area contributed by atoms with Gasteiger partial charge in [-0.05, 0) is 29.7 Å². The SMILES string of the molecule is COCC(CO)n1cc(C(=O)O)c(=O)c2cc(Cc3cc(N4CCCC4=O)c(F)c(Cl)c3F)c(OC)cc21. The van der Waals surface area contributed by atoms with E-state index in [1.807, 2.05) is 0 Å². The summed E-state index contributed by atoms with van der Waals surface area (Å²) in [4.78, 5) is 38.4. The van der Waals surface area contributed by atoms with Crippen LogP contribution < -0.4 is 15.1 Å². The van der Waals surface area contributed by atoms with E-state index < -0.39 is 46.3 Å². The number of aromatic carboxylic acids is 1. The van der Waals surface area contributed by atoms with E-state index in [0.717, 1.165) is 6.20 Å². The third-order valence-corrected chi connectivity index (χ3v) is 6.91. The molecule has 3 aromatic rings. The standard InChI is InChI=1S/C26H25ClF2N2O7/c1-37-12-15(11-32)31-10-17(26(35)36)25(34)16-7-13(20(38-2)9-18(16)31)6-14-8-19(24(29)22(27)23(14)28)30-5-3-4-21(30)33/h7-10,15,32H,3-6,11-12H2,1-2H3,(H,35,36). The molecule has 1 amide bonds. The van der Waals surface area contributed by atoms with Gasteiger partial charge in [0, 0.05) is 44.1 Å². The molecule has 202 valence electrons. The van der Waals surface area contributed by atoms with E-state index in [0.29, 0.717) is 12.0 Å². The highest BCUT2D eigenvalue weighted by atomic mass is 35.5. The number of hydrogen-bond donors (Lipinski definition) is 2. The summed E-state index contributed by atoms with van der Waals surface area (Å²) in [5.74, 6) is -3.62. The van der Waals surface area contributed by atoms with E-state index in [4.69, 9.17) is 21.1 Å². The first-order valence-corrected chi connectivity index (χ1v) is 12.1. The highest BCUT2D eigenvalue weighted by Gasteiger charge is 2.28. The number of aliphatic hydroxyl groups excluding tert-OH is 1. The quantitative estimate of drug-likeness (QED) is 0.391. The van der Waals surface area contributed by atoms with Gasteiger partial charge in [-0.25, -0.2) is 13.6 Å². The third-order valence-electron chi connectivity index (χ3n) is 6.58. The number of rotatable bonds is 9. The molecule has 2 heterocycles. The number of carboxylic acids is 1. The molecule has 9 nitrogen and oxygen atoms in total. The molecule has 1 aliphatic heterocycles. The number of methoxy groups -OCH3 is 2. The number of nitrogens with zero attached hydrogens (tertiary/aromatic N) is 2. The van der Waals surface area contributed by atoms with Crippen molar-refractivity contribution in [1.29, 1.82) is 0 Å². The van der Waals surface area contributed by atoms with E-state index in [2.05, 4.69) is 0 Å². The normalized spacial score (nSPS) is 14.4. The monoisotopic (exact) mass is 550 g/mol. The van der Waals surface area contributed by atoms with Gasteiger partial charge in [-0.15, -0.1) is 0 Å². The number of aromatic nitrogens is 1. The zero-order valence-electron chi connectivity index (χ0n) is 20.6. The van der Waals surface area contributed by atoms with Gasteiger partial charge in [-0.2, -0.15) is 0 Å². The lowest BCUT2D eigenvalue weighted by Gasteiger charge is -2.22. The summed E-state index contributed by atoms with van der Waals surface area (Å²) >= 11 is 5.96. The Morgan fingerprint density at radius 1 is 1.16 bits per heavy atom. The van der Waals surface area contributed by atoms with Gasteiger partial charge in [0.05, 0.1) is 37.6 Å². The molecule has 0 bridgehead atoms. The molecule has 1 fully saturated rings. The number of fused-ring (bicyclic) bond motifs is 1. The van der Waals surface area contributed by atoms with Gasteiger partial charge in [0.1, 0.15) is 22.2 Å². The van der Waals surface area contributed by atoms with Gasteiger partial charge in [-0.3, -0.25) is 9.59 Å². The van der Waals surface area contributed by atoms with Gasteiger partial charge in [0.25, 0.3) is 0 Å². The molecule has 1 saturated heterocycles. The number of aliphatic hydroxyl groups is 1. The second-order valence-electron chi connectivity index (χ2n) is 8.88. The first kappa shape index (κ1) is 27.5. The Hall–Kier alpha value is -3.54. The molecule has 0 radical (unpaired) electrons. The lowest BCUT2D eigenvalue weighted by Crippen LogP contribution is -2.25. The molecule has 1 unspecified atom stereocenters. The first-order chi connectivity index (χ1) is 18.1. The van der Waals surface area contributed by atoms with Crippen LogP contribution in [0.2, 0.25) is 5.02 Å². The fraction of sp³-hybridized carbons (Fsp3) is 0.346. The number of carbonyl (C=O) groups is 2. The maximum atomic E-state index is 15.1. The summed E-state index contributed by atoms with van der Waals surface area (Å²) in [5, 5.41) is 18.7. The minimum atomic E-state index is -1.46. The van der Waals surface area contributed by atoms with E-state index >= 15 is 4.39 Å². The molecule has 4 rings (SSSR count). The van der Waals surface area contributed by atoms with Crippen molar-refractivity contribution in [3.63, 3.8) is 0 Å². The number of carbonyl (C=O) groups excluding carboxylic acids is 1. The Labute approximate surface area is 220 Å². The zero-order chi connectivity index (χ0) is 27.7. The summed E-state index contributed by atoms with van der Waals surface area (Å²) in [6, 6.07) is 3.34. The number of ether oxygens (including phenoxy) is 2. The number of anilines is 1. The summed E-state index contributed by atoms with van der Waals surface area (Å²) < 4.78 is 42.0. The lowest BCUT2D eigenvalue weighted by molar-refractivity contribution is -0.117. The molecule has 0 aliphatic carbocycles. The Morgan fingerprint density at radius 2 is 1.89 bits per heavy atom. The van der Waals surface area contributed by atoms with Crippen LogP contribution >= 0.6 is 11.6 Å². The smallest absolute Gasteiger partial charge is 0.341 e. The summed E-state index contributed by atoms with van der Waals surface area (Å²) in [6.07, 6.45) is 1.68. The zero-order valence-corrected chi connectivity index (χ0v) is 21.3. The maximum Gasteiger partial charge on any atom is 0.341 e. The Balaban J connectivity index is 1.92. The Kier molecular flexibility index (Phi) is 8.00. The van der Waals surface area contributed by atoms with Crippen molar-refractivity contribution in [3.05, 3.63) is 68.0 Å². The van der Waals surface area contributed by atoms with Crippen LogP contribution in [0, 0.1) is 11.6 Å². The maximum absolute atomic E-state index is 15.1. The van der Waals surface area contributed by atoms with Gasteiger partial charge in [0.2, 0.25) is 11.3 Å². The minimum absolute atomic E-state index is 0.0150. The fourth-order valence-electron chi connectivity index (χ4n) is 4.69. The lowest BCUT2D eigenvalue weighted by atomic mass is 9.99. The molecule has 1 aliphatic rings. The van der Waals surface area contributed by atoms with Crippen LogP contribution in [0.5, 0.6) is 5.75 Å². The molecule has 1 aromatic heterocycles. The Morgan fingerprint density at radius 3 is 2.47 bits per heavy atom. The molecule has 1 atom stereocenters. The van der Waals surface area contributed by atoms with Gasteiger partial charge in [0.15, 0.2) is 5.82 Å². The summed E-state index contributed by atoms with van der Waals surface area (Å²) in [7, 11) is 2.77. The van der Waals surface area contributed by atoms with E-state index in [1.54, 1.807) is 0 Å². The van der Waals surface area contributed by atoms with Crippen molar-refractivity contribution in [1.82, 2.24) is 4.57 Å². The van der Waals surface area contributed by atoms with Crippen molar-refractivity contribution in [2.75, 3.05) is 38.9 Å². The fourth-order valence-corrected chi connectivity index (χ4v) is 4.91. The van der Waals surface area contributed by atoms with E-state index in [1.165, 1.54) is 41.9 Å². The summed E-state index contributed by atoms with van der Waals surface area (Å²) in [5.41, 5.74) is -0.964. The van der Waals surface area contributed by atoms with Crippen LogP contribution in [0.4, 0.5) is 14.5 Å². The third kappa shape index (κ3) is 4.84. The van der Waals surface area contributed by atoms with Crippen molar-refractivity contribution in [2.24, 2.45) is 0 Å². The second kappa shape index (κ2) is 11.1. The molecule has 0 spiro atoms. The number of halogens is 3. The predicted octanol–water partition coefficient (Wildman–Crippen LogP) is 3.54. The molecule has 0 saturated carbocycles. The van der Waals surface area contributed by atoms with Crippen LogP contribution in [0.1, 0.15) is 40.4 Å². The van der Waals surface area contributed by atoms with E-state index in [9.17, 15) is 29.0 Å². The summed E-state index contributed by atoms with van der Waals surface area (Å²) in [6.45, 7) is -0.122.